The molecule has 6 nitrogen and oxygen atoms in total. The van der Waals surface area contributed by atoms with Crippen molar-refractivity contribution >= 4 is 16.6 Å². The van der Waals surface area contributed by atoms with Crippen LogP contribution in [0.2, 0.25) is 36.3 Å². The van der Waals surface area contributed by atoms with Crippen LogP contribution >= 0.6 is 0 Å². The molecule has 4 aromatic carbocycles. The highest BCUT2D eigenvalue weighted by Gasteiger charge is 2.43. The zero-order valence-corrected chi connectivity index (χ0v) is 43.6. The van der Waals surface area contributed by atoms with Crippen LogP contribution in [0, 0.1) is 17.8 Å². The predicted molar refractivity (Wildman–Crippen MR) is 271 cm³/mol. The first kappa shape index (κ1) is 51.4. The summed E-state index contributed by atoms with van der Waals surface area (Å²) in [6, 6.07) is 39.9. The van der Waals surface area contributed by atoms with Gasteiger partial charge < -0.3 is 27.8 Å². The molecule has 348 valence electrons. The maximum absolute atomic E-state index is 7.43. The second-order valence-electron chi connectivity index (χ2n) is 21.1. The molecule has 1 heterocycles. The molecule has 0 bridgehead atoms. The SMILES string of the molecule is COc1ccc(CC2OC[C@H](C)C([C@@H](C)C=C[C@H](C[C@H](O[Si](C)(C)C(C)(C)C)[C@H](C)C=CCOC(c3ccccc3)(c3ccccc3)c3ccccc3)O[Si](C)(C)C(C)(C)C)O2)cc1. The summed E-state index contributed by atoms with van der Waals surface area (Å²) in [7, 11) is -2.71. The van der Waals surface area contributed by atoms with Crippen molar-refractivity contribution in [3.05, 3.63) is 162 Å². The Morgan fingerprint density at radius 1 is 0.672 bits per heavy atom. The summed E-state index contributed by atoms with van der Waals surface area (Å²) >= 11 is 0. The lowest BCUT2D eigenvalue weighted by Crippen LogP contribution is -2.48. The second-order valence-corrected chi connectivity index (χ2v) is 30.6. The Labute approximate surface area is 390 Å². The summed E-state index contributed by atoms with van der Waals surface area (Å²) < 4.78 is 40.2. The van der Waals surface area contributed by atoms with Crippen molar-refractivity contribution in [1.82, 2.24) is 0 Å². The number of hydrogen-bond donors (Lipinski definition) is 0. The van der Waals surface area contributed by atoms with Gasteiger partial charge in [-0.15, -0.1) is 0 Å². The summed E-state index contributed by atoms with van der Waals surface area (Å²) in [4.78, 5) is 0. The first-order chi connectivity index (χ1) is 30.2. The van der Waals surface area contributed by atoms with Gasteiger partial charge in [0.2, 0.25) is 0 Å². The minimum absolute atomic E-state index is 0.0117. The lowest BCUT2D eigenvalue weighted by Gasteiger charge is -2.43. The Morgan fingerprint density at radius 2 is 1.17 bits per heavy atom. The van der Waals surface area contributed by atoms with Gasteiger partial charge in [-0.2, -0.15) is 0 Å². The van der Waals surface area contributed by atoms with Crippen LogP contribution in [0.1, 0.15) is 91.0 Å². The third-order valence-corrected chi connectivity index (χ3v) is 23.1. The predicted octanol–water partition coefficient (Wildman–Crippen LogP) is 14.2. The van der Waals surface area contributed by atoms with Crippen LogP contribution in [0.3, 0.4) is 0 Å². The van der Waals surface area contributed by atoms with E-state index in [2.05, 4.69) is 216 Å². The van der Waals surface area contributed by atoms with Crippen molar-refractivity contribution in [3.8, 4) is 5.75 Å². The van der Waals surface area contributed by atoms with Crippen LogP contribution in [0.4, 0.5) is 0 Å². The lowest BCUT2D eigenvalue weighted by atomic mass is 9.80. The van der Waals surface area contributed by atoms with Crippen molar-refractivity contribution in [2.75, 3.05) is 20.3 Å². The van der Waals surface area contributed by atoms with E-state index in [1.165, 1.54) is 0 Å². The fourth-order valence-corrected chi connectivity index (χ4v) is 10.7. The molecule has 0 spiro atoms. The molecule has 0 radical (unpaired) electrons. The number of ether oxygens (including phenoxy) is 4. The van der Waals surface area contributed by atoms with E-state index in [9.17, 15) is 0 Å². The van der Waals surface area contributed by atoms with Gasteiger partial charge in [0, 0.05) is 24.7 Å². The molecule has 0 N–H and O–H groups in total. The van der Waals surface area contributed by atoms with E-state index in [1.54, 1.807) is 7.11 Å². The molecular formula is C56H80O6Si2. The zero-order chi connectivity index (χ0) is 46.8. The van der Waals surface area contributed by atoms with Crippen LogP contribution in [0.25, 0.3) is 0 Å². The van der Waals surface area contributed by atoms with Crippen molar-refractivity contribution in [3.63, 3.8) is 0 Å². The van der Waals surface area contributed by atoms with Crippen LogP contribution in [-0.2, 0) is 35.1 Å². The maximum atomic E-state index is 7.43. The number of hydrogen-bond acceptors (Lipinski definition) is 6. The highest BCUT2D eigenvalue weighted by molar-refractivity contribution is 6.74. The van der Waals surface area contributed by atoms with Crippen LogP contribution in [-0.4, -0.2) is 61.6 Å². The Bertz CT molecular complexity index is 1940. The molecular weight excluding hydrogens is 825 g/mol. The van der Waals surface area contributed by atoms with E-state index >= 15 is 0 Å². The van der Waals surface area contributed by atoms with Gasteiger partial charge in [0.25, 0.3) is 0 Å². The van der Waals surface area contributed by atoms with E-state index in [-0.39, 0.29) is 52.4 Å². The number of methoxy groups -OCH3 is 1. The second kappa shape index (κ2) is 22.3. The summed E-state index contributed by atoms with van der Waals surface area (Å²) in [5.41, 5.74) is 3.64. The zero-order valence-electron chi connectivity index (χ0n) is 41.6. The molecule has 64 heavy (non-hydrogen) atoms. The molecule has 7 atom stereocenters. The molecule has 8 heteroatoms. The van der Waals surface area contributed by atoms with Crippen molar-refractivity contribution in [2.24, 2.45) is 17.8 Å². The Kier molecular flexibility index (Phi) is 17.9. The molecule has 2 unspecified atom stereocenters. The molecule has 4 aromatic rings. The molecule has 1 fully saturated rings. The van der Waals surface area contributed by atoms with Gasteiger partial charge in [-0.3, -0.25) is 0 Å². The molecule has 0 aromatic heterocycles. The fraction of sp³-hybridized carbons (Fsp3) is 0.500. The fourth-order valence-electron chi connectivity index (χ4n) is 8.03. The van der Waals surface area contributed by atoms with Gasteiger partial charge in [-0.05, 0) is 76.6 Å². The van der Waals surface area contributed by atoms with Crippen molar-refractivity contribution < 1.29 is 27.8 Å². The van der Waals surface area contributed by atoms with Gasteiger partial charge in [0.05, 0.1) is 38.6 Å². The number of benzene rings is 4. The van der Waals surface area contributed by atoms with E-state index in [0.717, 1.165) is 34.4 Å². The molecule has 5 rings (SSSR count). The van der Waals surface area contributed by atoms with E-state index in [0.29, 0.717) is 19.6 Å². The smallest absolute Gasteiger partial charge is 0.192 e. The first-order valence-corrected chi connectivity index (χ1v) is 29.4. The van der Waals surface area contributed by atoms with Gasteiger partial charge >= 0.3 is 0 Å². The normalized spacial score (nSPS) is 20.0. The molecule has 0 aliphatic carbocycles. The van der Waals surface area contributed by atoms with E-state index in [1.807, 2.05) is 12.1 Å². The van der Waals surface area contributed by atoms with Gasteiger partial charge in [0.15, 0.2) is 22.9 Å². The van der Waals surface area contributed by atoms with Crippen molar-refractivity contribution in [2.45, 2.75) is 142 Å². The molecule has 1 saturated heterocycles. The average molecular weight is 905 g/mol. The van der Waals surface area contributed by atoms with Crippen LogP contribution in [0.15, 0.2) is 140 Å². The number of rotatable bonds is 20. The summed E-state index contributed by atoms with van der Waals surface area (Å²) in [5.74, 6) is 1.33. The Hall–Kier alpha value is -3.61. The van der Waals surface area contributed by atoms with Gasteiger partial charge in [-0.1, -0.05) is 190 Å². The lowest BCUT2D eigenvalue weighted by molar-refractivity contribution is -0.239. The summed E-state index contributed by atoms with van der Waals surface area (Å²) in [5, 5.41) is 0.0800. The quantitative estimate of drug-likeness (QED) is 0.0500. The average Bonchev–Trinajstić information content (AvgIpc) is 3.26. The standard InChI is InChI=1S/C56H80O6Si2/c1-42(25-24-38-59-56(46-26-18-15-19-27-46,47-28-20-16-21-29-47)48-30-22-17-23-31-48)51(62-64(13,14)55(7,8)9)40-50(61-63(11,12)54(4,5)6)35-32-43(2)53-44(3)41-58-52(60-53)39-45-33-36-49(57-10)37-34-45/h15-37,42-44,50-53H,38-41H2,1-14H3/t42-,43+,44+,50-,51+,52?,53?/m1/s1. The Balaban J connectivity index is 1.42. The molecule has 0 amide bonds. The molecule has 0 saturated carbocycles. The minimum Gasteiger partial charge on any atom is -0.497 e. The summed E-state index contributed by atoms with van der Waals surface area (Å²) in [6.07, 6.45) is 10.1. The highest BCUT2D eigenvalue weighted by atomic mass is 28.4. The maximum Gasteiger partial charge on any atom is 0.192 e. The Morgan fingerprint density at radius 3 is 1.66 bits per heavy atom. The third kappa shape index (κ3) is 13.3. The summed E-state index contributed by atoms with van der Waals surface area (Å²) in [6.45, 7) is 31.2. The van der Waals surface area contributed by atoms with Crippen LogP contribution < -0.4 is 4.74 Å². The molecule has 1 aliphatic rings. The molecule has 1 aliphatic heterocycles. The van der Waals surface area contributed by atoms with Crippen molar-refractivity contribution in [1.29, 1.82) is 0 Å². The van der Waals surface area contributed by atoms with Gasteiger partial charge in [-0.25, -0.2) is 0 Å². The monoisotopic (exact) mass is 905 g/mol. The largest absolute Gasteiger partial charge is 0.497 e. The van der Waals surface area contributed by atoms with E-state index < -0.39 is 22.2 Å². The van der Waals surface area contributed by atoms with E-state index in [4.69, 9.17) is 27.8 Å². The topological polar surface area (TPSA) is 55.4 Å². The van der Waals surface area contributed by atoms with Crippen LogP contribution in [0.5, 0.6) is 5.75 Å². The highest BCUT2D eigenvalue weighted by Crippen LogP contribution is 2.43. The minimum atomic E-state index is -2.20. The first-order valence-electron chi connectivity index (χ1n) is 23.6. The third-order valence-electron chi connectivity index (χ3n) is 14.1. The van der Waals surface area contributed by atoms with Gasteiger partial charge in [0.1, 0.15) is 11.4 Å².